The zero-order valence-electron chi connectivity index (χ0n) is 20.1. The van der Waals surface area contributed by atoms with E-state index >= 15 is 0 Å². The summed E-state index contributed by atoms with van der Waals surface area (Å²) in [5.74, 6) is 1.76. The summed E-state index contributed by atoms with van der Waals surface area (Å²) >= 11 is 0. The number of rotatable bonds is 6. The molecular weight excluding hydrogens is 416 g/mol. The summed E-state index contributed by atoms with van der Waals surface area (Å²) in [5, 5.41) is 0. The minimum absolute atomic E-state index is 0.0916. The van der Waals surface area contributed by atoms with Gasteiger partial charge in [0, 0.05) is 44.6 Å². The lowest BCUT2D eigenvalue weighted by atomic mass is 10.1. The highest BCUT2D eigenvalue weighted by molar-refractivity contribution is 5.72. The topological polar surface area (TPSA) is 58.1 Å². The van der Waals surface area contributed by atoms with Crippen LogP contribution in [0.2, 0.25) is 0 Å². The van der Waals surface area contributed by atoms with Crippen molar-refractivity contribution >= 4 is 17.5 Å². The molecule has 178 valence electrons. The number of carbonyl (C=O) groups is 1. The molecule has 0 bridgehead atoms. The normalized spacial score (nSPS) is 19.9. The van der Waals surface area contributed by atoms with Crippen molar-refractivity contribution in [3.8, 4) is 5.75 Å². The molecule has 7 heteroatoms. The average Bonchev–Trinajstić information content (AvgIpc) is 2.79. The van der Waals surface area contributed by atoms with Gasteiger partial charge in [-0.1, -0.05) is 6.07 Å². The first-order valence-corrected chi connectivity index (χ1v) is 12.0. The van der Waals surface area contributed by atoms with Crippen LogP contribution in [-0.2, 0) is 9.53 Å². The molecule has 0 radical (unpaired) electrons. The fourth-order valence-electron chi connectivity index (χ4n) is 4.47. The van der Waals surface area contributed by atoms with Gasteiger partial charge in [0.2, 0.25) is 0 Å². The molecule has 3 heterocycles. The number of anilines is 2. The minimum Gasteiger partial charge on any atom is -0.489 e. The van der Waals surface area contributed by atoms with Crippen LogP contribution in [0.3, 0.4) is 0 Å². The highest BCUT2D eigenvalue weighted by atomic mass is 16.6. The predicted molar refractivity (Wildman–Crippen MR) is 131 cm³/mol. The van der Waals surface area contributed by atoms with Gasteiger partial charge in [0.1, 0.15) is 23.3 Å². The smallest absolute Gasteiger partial charge is 0.320 e. The molecule has 1 unspecified atom stereocenters. The van der Waals surface area contributed by atoms with Gasteiger partial charge in [0.05, 0.1) is 6.54 Å². The largest absolute Gasteiger partial charge is 0.489 e. The number of aromatic nitrogens is 1. The zero-order valence-corrected chi connectivity index (χ0v) is 20.1. The van der Waals surface area contributed by atoms with E-state index in [1.54, 1.807) is 0 Å². The fourth-order valence-corrected chi connectivity index (χ4v) is 4.47. The maximum atomic E-state index is 12.2. The van der Waals surface area contributed by atoms with Crippen molar-refractivity contribution in [1.29, 1.82) is 0 Å². The quantitative estimate of drug-likeness (QED) is 0.621. The van der Waals surface area contributed by atoms with Crippen molar-refractivity contribution in [2.45, 2.75) is 45.3 Å². The standard InChI is InChI=1S/C26H36N4O3/c1-26(2,3)33-25(31)20-28-14-6-7-23(19-28)32-22-11-9-21(10-12-22)29-15-17-30(18-16-29)24-8-4-5-13-27-24/h4-5,8-13,23H,6-7,14-20H2,1-3H3. The maximum absolute atomic E-state index is 12.2. The van der Waals surface area contributed by atoms with Crippen molar-refractivity contribution in [3.05, 3.63) is 48.7 Å². The lowest BCUT2D eigenvalue weighted by molar-refractivity contribution is -0.156. The van der Waals surface area contributed by atoms with Crippen molar-refractivity contribution in [3.63, 3.8) is 0 Å². The molecule has 2 saturated heterocycles. The van der Waals surface area contributed by atoms with Gasteiger partial charge in [-0.3, -0.25) is 9.69 Å². The molecule has 2 aromatic rings. The first kappa shape index (κ1) is 23.4. The number of hydrogen-bond donors (Lipinski definition) is 0. The van der Waals surface area contributed by atoms with E-state index in [0.717, 1.165) is 63.7 Å². The molecule has 33 heavy (non-hydrogen) atoms. The fraction of sp³-hybridized carbons (Fsp3) is 0.538. The lowest BCUT2D eigenvalue weighted by Gasteiger charge is -2.37. The van der Waals surface area contributed by atoms with Crippen LogP contribution < -0.4 is 14.5 Å². The number of nitrogens with zero attached hydrogens (tertiary/aromatic N) is 4. The molecule has 0 aliphatic carbocycles. The molecule has 2 fully saturated rings. The van der Waals surface area contributed by atoms with Gasteiger partial charge in [0.15, 0.2) is 0 Å². The number of benzene rings is 1. The van der Waals surface area contributed by atoms with E-state index < -0.39 is 5.60 Å². The highest BCUT2D eigenvalue weighted by Gasteiger charge is 2.25. The molecule has 2 aliphatic rings. The third kappa shape index (κ3) is 6.84. The van der Waals surface area contributed by atoms with Gasteiger partial charge >= 0.3 is 5.97 Å². The number of ether oxygens (including phenoxy) is 2. The summed E-state index contributed by atoms with van der Waals surface area (Å²) in [6.45, 7) is 11.5. The van der Waals surface area contributed by atoms with Gasteiger partial charge in [-0.05, 0) is 76.6 Å². The Labute approximate surface area is 197 Å². The van der Waals surface area contributed by atoms with Crippen LogP contribution >= 0.6 is 0 Å². The Kier molecular flexibility index (Phi) is 7.38. The van der Waals surface area contributed by atoms with E-state index in [9.17, 15) is 4.79 Å². The van der Waals surface area contributed by atoms with Crippen LogP contribution in [0.25, 0.3) is 0 Å². The molecule has 7 nitrogen and oxygen atoms in total. The first-order chi connectivity index (χ1) is 15.9. The van der Waals surface area contributed by atoms with Gasteiger partial charge in [-0.15, -0.1) is 0 Å². The number of hydrogen-bond acceptors (Lipinski definition) is 7. The predicted octanol–water partition coefficient (Wildman–Crippen LogP) is 3.59. The Hall–Kier alpha value is -2.80. The molecule has 4 rings (SSSR count). The molecule has 0 saturated carbocycles. The Morgan fingerprint density at radius 2 is 1.73 bits per heavy atom. The van der Waals surface area contributed by atoms with E-state index in [0.29, 0.717) is 6.54 Å². The maximum Gasteiger partial charge on any atom is 0.320 e. The number of piperidine rings is 1. The highest BCUT2D eigenvalue weighted by Crippen LogP contribution is 2.24. The average molecular weight is 453 g/mol. The van der Waals surface area contributed by atoms with Crippen molar-refractivity contribution in [2.24, 2.45) is 0 Å². The molecule has 0 amide bonds. The van der Waals surface area contributed by atoms with E-state index in [-0.39, 0.29) is 12.1 Å². The van der Waals surface area contributed by atoms with Crippen LogP contribution in [0.1, 0.15) is 33.6 Å². The summed E-state index contributed by atoms with van der Waals surface area (Å²) in [4.78, 5) is 23.5. The molecule has 2 aliphatic heterocycles. The Bertz CT molecular complexity index is 890. The first-order valence-electron chi connectivity index (χ1n) is 12.0. The van der Waals surface area contributed by atoms with E-state index in [4.69, 9.17) is 9.47 Å². The number of esters is 1. The van der Waals surface area contributed by atoms with Gasteiger partial charge in [-0.25, -0.2) is 4.98 Å². The van der Waals surface area contributed by atoms with Crippen LogP contribution in [0.15, 0.2) is 48.7 Å². The summed E-state index contributed by atoms with van der Waals surface area (Å²) < 4.78 is 11.7. The van der Waals surface area contributed by atoms with E-state index in [1.165, 1.54) is 5.69 Å². The molecule has 1 aromatic heterocycles. The minimum atomic E-state index is -0.449. The molecular formula is C26H36N4O3. The second-order valence-corrected chi connectivity index (χ2v) is 9.86. The van der Waals surface area contributed by atoms with E-state index in [2.05, 4.69) is 50.0 Å². The van der Waals surface area contributed by atoms with Crippen LogP contribution in [-0.4, -0.2) is 73.4 Å². The van der Waals surface area contributed by atoms with Crippen LogP contribution in [0.5, 0.6) is 5.75 Å². The zero-order chi connectivity index (χ0) is 23.3. The van der Waals surface area contributed by atoms with Crippen LogP contribution in [0, 0.1) is 0 Å². The third-order valence-electron chi connectivity index (χ3n) is 5.99. The SMILES string of the molecule is CC(C)(C)OC(=O)CN1CCCC(Oc2ccc(N3CCN(c4ccccn4)CC3)cc2)C1. The summed E-state index contributed by atoms with van der Waals surface area (Å²) in [6.07, 6.45) is 3.96. The monoisotopic (exact) mass is 452 g/mol. The molecule has 1 aromatic carbocycles. The second-order valence-electron chi connectivity index (χ2n) is 9.86. The summed E-state index contributed by atoms with van der Waals surface area (Å²) in [7, 11) is 0. The summed E-state index contributed by atoms with van der Waals surface area (Å²) in [6, 6.07) is 14.5. The number of carbonyl (C=O) groups excluding carboxylic acids is 1. The van der Waals surface area contributed by atoms with Crippen molar-refractivity contribution < 1.29 is 14.3 Å². The molecule has 1 atom stereocenters. The Morgan fingerprint density at radius 1 is 1.00 bits per heavy atom. The second kappa shape index (κ2) is 10.4. The number of piperazine rings is 1. The van der Waals surface area contributed by atoms with E-state index in [1.807, 2.05) is 39.1 Å². The van der Waals surface area contributed by atoms with Crippen molar-refractivity contribution in [1.82, 2.24) is 9.88 Å². The van der Waals surface area contributed by atoms with Gasteiger partial charge in [-0.2, -0.15) is 0 Å². The third-order valence-corrected chi connectivity index (χ3v) is 5.99. The van der Waals surface area contributed by atoms with Gasteiger partial charge in [0.25, 0.3) is 0 Å². The molecule has 0 spiro atoms. The molecule has 0 N–H and O–H groups in total. The number of pyridine rings is 1. The van der Waals surface area contributed by atoms with Crippen LogP contribution in [0.4, 0.5) is 11.5 Å². The number of likely N-dealkylation sites (tertiary alicyclic amines) is 1. The Balaban J connectivity index is 1.25. The van der Waals surface area contributed by atoms with Gasteiger partial charge < -0.3 is 19.3 Å². The Morgan fingerprint density at radius 3 is 2.39 bits per heavy atom. The van der Waals surface area contributed by atoms with Crippen molar-refractivity contribution in [2.75, 3.05) is 55.6 Å². The summed E-state index contributed by atoms with van der Waals surface area (Å²) in [5.41, 5.74) is 0.772. The lowest BCUT2D eigenvalue weighted by Crippen LogP contribution is -2.46.